The number of benzene rings is 2. The number of carbonyl (C=O) groups is 1. The number of aliphatic hydroxyl groups excluding tert-OH is 1. The monoisotopic (exact) mass is 322 g/mol. The number of urea groups is 1. The Bertz CT molecular complexity index is 718. The molecule has 5 heteroatoms. The van der Waals surface area contributed by atoms with Crippen LogP contribution in [0.1, 0.15) is 11.9 Å². The van der Waals surface area contributed by atoms with Gasteiger partial charge in [0.15, 0.2) is 0 Å². The van der Waals surface area contributed by atoms with Gasteiger partial charge in [-0.25, -0.2) is 4.79 Å². The van der Waals surface area contributed by atoms with Gasteiger partial charge < -0.3 is 14.8 Å². The summed E-state index contributed by atoms with van der Waals surface area (Å²) >= 11 is 0. The van der Waals surface area contributed by atoms with Gasteiger partial charge in [0.25, 0.3) is 0 Å². The average Bonchev–Trinajstić information content (AvgIpc) is 3.16. The number of hydrogen-bond acceptors (Lipinski definition) is 3. The Morgan fingerprint density at radius 1 is 0.958 bits per heavy atom. The predicted molar refractivity (Wildman–Crippen MR) is 92.1 cm³/mol. The number of carbonyl (C=O) groups excluding carboxylic acids is 1. The van der Waals surface area contributed by atoms with Crippen LogP contribution >= 0.6 is 0 Å². The van der Waals surface area contributed by atoms with Crippen molar-refractivity contribution in [1.82, 2.24) is 5.32 Å². The maximum absolute atomic E-state index is 12.7. The highest BCUT2D eigenvalue weighted by Crippen LogP contribution is 2.25. The molecule has 0 saturated carbocycles. The molecule has 0 saturated heterocycles. The summed E-state index contributed by atoms with van der Waals surface area (Å²) in [6.45, 7) is 0.0580. The van der Waals surface area contributed by atoms with Crippen molar-refractivity contribution in [3.8, 4) is 0 Å². The van der Waals surface area contributed by atoms with Gasteiger partial charge in [-0.3, -0.25) is 4.90 Å². The molecule has 5 nitrogen and oxygen atoms in total. The third-order valence-electron chi connectivity index (χ3n) is 3.55. The Morgan fingerprint density at radius 3 is 2.04 bits per heavy atom. The highest BCUT2D eigenvalue weighted by Gasteiger charge is 2.19. The van der Waals surface area contributed by atoms with E-state index in [1.807, 2.05) is 60.7 Å². The fourth-order valence-electron chi connectivity index (χ4n) is 2.38. The molecule has 1 heterocycles. The molecule has 0 bridgehead atoms. The van der Waals surface area contributed by atoms with Gasteiger partial charge in [-0.2, -0.15) is 0 Å². The molecule has 2 N–H and O–H groups in total. The molecule has 1 aromatic heterocycles. The number of amides is 2. The van der Waals surface area contributed by atoms with Gasteiger partial charge in [-0.1, -0.05) is 36.4 Å². The summed E-state index contributed by atoms with van der Waals surface area (Å²) in [5.74, 6) is 0.418. The first-order valence-electron chi connectivity index (χ1n) is 7.65. The van der Waals surface area contributed by atoms with E-state index in [0.29, 0.717) is 5.76 Å². The third-order valence-corrected chi connectivity index (χ3v) is 3.55. The molecular formula is C19H18N2O3. The van der Waals surface area contributed by atoms with Gasteiger partial charge in [-0.05, 0) is 36.4 Å². The van der Waals surface area contributed by atoms with Gasteiger partial charge in [0.2, 0.25) is 0 Å². The molecule has 0 aliphatic carbocycles. The normalized spacial score (nSPS) is 11.7. The first kappa shape index (κ1) is 15.8. The molecule has 0 radical (unpaired) electrons. The second-order valence-corrected chi connectivity index (χ2v) is 5.22. The predicted octanol–water partition coefficient (Wildman–Crippen LogP) is 3.86. The lowest BCUT2D eigenvalue weighted by Crippen LogP contribution is -2.38. The first-order valence-corrected chi connectivity index (χ1v) is 7.65. The van der Waals surface area contributed by atoms with E-state index >= 15 is 0 Å². The van der Waals surface area contributed by atoms with Crippen LogP contribution < -0.4 is 10.2 Å². The maximum atomic E-state index is 12.7. The third kappa shape index (κ3) is 3.64. The van der Waals surface area contributed by atoms with Crippen LogP contribution in [0.25, 0.3) is 0 Å². The number of rotatable bonds is 5. The van der Waals surface area contributed by atoms with Crippen LogP contribution in [0.3, 0.4) is 0 Å². The van der Waals surface area contributed by atoms with Gasteiger partial charge in [0.1, 0.15) is 11.9 Å². The van der Waals surface area contributed by atoms with Crippen molar-refractivity contribution in [2.24, 2.45) is 0 Å². The fourth-order valence-corrected chi connectivity index (χ4v) is 2.38. The molecule has 0 aliphatic heterocycles. The molecule has 0 fully saturated rings. The molecule has 2 amide bonds. The fraction of sp³-hybridized carbons (Fsp3) is 0.105. The molecule has 2 aromatic carbocycles. The van der Waals surface area contributed by atoms with Crippen molar-refractivity contribution in [1.29, 1.82) is 0 Å². The SMILES string of the molecule is O=C(NC[C@H](O)c1ccco1)N(c1ccccc1)c1ccccc1. The topological polar surface area (TPSA) is 65.7 Å². The Morgan fingerprint density at radius 2 is 1.54 bits per heavy atom. The number of para-hydroxylation sites is 2. The van der Waals surface area contributed by atoms with E-state index < -0.39 is 6.10 Å². The van der Waals surface area contributed by atoms with Gasteiger partial charge in [0.05, 0.1) is 24.2 Å². The highest BCUT2D eigenvalue weighted by molar-refractivity contribution is 5.99. The lowest BCUT2D eigenvalue weighted by molar-refractivity contribution is 0.149. The van der Waals surface area contributed by atoms with Crippen LogP contribution in [-0.2, 0) is 0 Å². The zero-order valence-corrected chi connectivity index (χ0v) is 13.0. The molecule has 1 atom stereocenters. The molecule has 3 aromatic rings. The van der Waals surface area contributed by atoms with Gasteiger partial charge in [0, 0.05) is 0 Å². The Hall–Kier alpha value is -3.05. The summed E-state index contributed by atoms with van der Waals surface area (Å²) in [5.41, 5.74) is 1.49. The van der Waals surface area contributed by atoms with Crippen LogP contribution in [0, 0.1) is 0 Å². The largest absolute Gasteiger partial charge is 0.467 e. The zero-order chi connectivity index (χ0) is 16.8. The molecule has 3 rings (SSSR count). The second-order valence-electron chi connectivity index (χ2n) is 5.22. The second kappa shape index (κ2) is 7.48. The number of anilines is 2. The van der Waals surface area contributed by atoms with Crippen molar-refractivity contribution < 1.29 is 14.3 Å². The minimum absolute atomic E-state index is 0.0580. The molecule has 0 spiro atoms. The van der Waals surface area contributed by atoms with E-state index in [1.54, 1.807) is 17.0 Å². The Balaban J connectivity index is 1.77. The summed E-state index contributed by atoms with van der Waals surface area (Å²) < 4.78 is 5.14. The van der Waals surface area contributed by atoms with Crippen LogP contribution in [0.2, 0.25) is 0 Å². The quantitative estimate of drug-likeness (QED) is 0.749. The number of furan rings is 1. The molecule has 122 valence electrons. The van der Waals surface area contributed by atoms with Crippen molar-refractivity contribution >= 4 is 17.4 Å². The number of nitrogens with zero attached hydrogens (tertiary/aromatic N) is 1. The van der Waals surface area contributed by atoms with E-state index in [-0.39, 0.29) is 12.6 Å². The van der Waals surface area contributed by atoms with E-state index in [1.165, 1.54) is 6.26 Å². The minimum atomic E-state index is -0.891. The van der Waals surface area contributed by atoms with Crippen LogP contribution in [-0.4, -0.2) is 17.7 Å². The van der Waals surface area contributed by atoms with Gasteiger partial charge in [-0.15, -0.1) is 0 Å². The molecule has 24 heavy (non-hydrogen) atoms. The van der Waals surface area contributed by atoms with Crippen LogP contribution in [0.15, 0.2) is 83.5 Å². The number of aliphatic hydroxyl groups is 1. The highest BCUT2D eigenvalue weighted by atomic mass is 16.4. The van der Waals surface area contributed by atoms with E-state index in [2.05, 4.69) is 5.32 Å². The Kier molecular flexibility index (Phi) is 4.93. The molecule has 0 unspecified atom stereocenters. The van der Waals surface area contributed by atoms with E-state index in [9.17, 15) is 9.90 Å². The summed E-state index contributed by atoms with van der Waals surface area (Å²) in [4.78, 5) is 14.3. The summed E-state index contributed by atoms with van der Waals surface area (Å²) in [7, 11) is 0. The number of hydrogen-bond donors (Lipinski definition) is 2. The number of nitrogens with one attached hydrogen (secondary N) is 1. The lowest BCUT2D eigenvalue weighted by Gasteiger charge is -2.24. The van der Waals surface area contributed by atoms with Gasteiger partial charge >= 0.3 is 6.03 Å². The Labute approximate surface area is 140 Å². The summed E-state index contributed by atoms with van der Waals surface area (Å²) in [5, 5.41) is 12.8. The summed E-state index contributed by atoms with van der Waals surface area (Å²) in [6, 6.07) is 21.7. The van der Waals surface area contributed by atoms with Crippen molar-refractivity contribution in [2.75, 3.05) is 11.4 Å². The van der Waals surface area contributed by atoms with Crippen molar-refractivity contribution in [3.05, 3.63) is 84.8 Å². The van der Waals surface area contributed by atoms with Crippen LogP contribution in [0.4, 0.5) is 16.2 Å². The van der Waals surface area contributed by atoms with Crippen molar-refractivity contribution in [3.63, 3.8) is 0 Å². The standard InChI is InChI=1S/C19H18N2O3/c22-17(18-12-7-13-24-18)14-20-19(23)21(15-8-3-1-4-9-15)16-10-5-2-6-11-16/h1-13,17,22H,14H2,(H,20,23)/t17-/m0/s1. The average molecular weight is 322 g/mol. The molecule has 0 aliphatic rings. The first-order chi connectivity index (χ1) is 11.8. The minimum Gasteiger partial charge on any atom is -0.467 e. The summed E-state index contributed by atoms with van der Waals surface area (Å²) in [6.07, 6.45) is 0.595. The lowest BCUT2D eigenvalue weighted by atomic mass is 10.2. The van der Waals surface area contributed by atoms with Crippen LogP contribution in [0.5, 0.6) is 0 Å². The maximum Gasteiger partial charge on any atom is 0.326 e. The smallest absolute Gasteiger partial charge is 0.326 e. The van der Waals surface area contributed by atoms with Crippen molar-refractivity contribution in [2.45, 2.75) is 6.10 Å². The zero-order valence-electron chi connectivity index (χ0n) is 13.0. The molecular weight excluding hydrogens is 304 g/mol. The van der Waals surface area contributed by atoms with E-state index in [0.717, 1.165) is 11.4 Å². The van der Waals surface area contributed by atoms with E-state index in [4.69, 9.17) is 4.42 Å².